The molecule has 4 aliphatic carbocycles. The van der Waals surface area contributed by atoms with Crippen LogP contribution in [0.4, 0.5) is 0 Å². The van der Waals surface area contributed by atoms with E-state index in [2.05, 4.69) is 16.3 Å². The Kier molecular flexibility index (Phi) is 4.49. The van der Waals surface area contributed by atoms with E-state index in [1.54, 1.807) is 13.8 Å². The average Bonchev–Trinajstić information content (AvgIpc) is 2.47. The largest absolute Gasteiger partial charge is 0.464 e. The molecule has 0 spiro atoms. The van der Waals surface area contributed by atoms with E-state index in [0.717, 1.165) is 23.9 Å². The number of rotatable bonds is 6. The van der Waals surface area contributed by atoms with Crippen molar-refractivity contribution < 1.29 is 24.2 Å². The smallest absolute Gasteiger partial charge is 0.324 e. The third kappa shape index (κ3) is 2.90. The molecular weight excluding hydrogens is 304 g/mol. The van der Waals surface area contributed by atoms with Gasteiger partial charge >= 0.3 is 5.97 Å². The third-order valence-electron chi connectivity index (χ3n) is 6.28. The Morgan fingerprint density at radius 1 is 1.18 bits per heavy atom. The highest BCUT2D eigenvalue weighted by Gasteiger charge is 2.55. The monoisotopic (exact) mass is 330 g/mol. The number of ether oxygens (including phenoxy) is 1. The molecule has 0 saturated heterocycles. The lowest BCUT2D eigenvalue weighted by Crippen LogP contribution is -2.54. The first-order valence-electron chi connectivity index (χ1n) is 8.18. The van der Waals surface area contributed by atoms with Gasteiger partial charge in [0.1, 0.15) is 4.75 Å². The lowest BCUT2D eigenvalue weighted by atomic mass is 9.46. The summed E-state index contributed by atoms with van der Waals surface area (Å²) >= 11 is 0.754. The van der Waals surface area contributed by atoms with Gasteiger partial charge in [-0.05, 0) is 69.6 Å². The second-order valence-electron chi connectivity index (χ2n) is 8.12. The maximum absolute atomic E-state index is 12.3. The molecule has 0 atom stereocenters. The predicted molar refractivity (Wildman–Crippen MR) is 82.6 cm³/mol. The Morgan fingerprint density at radius 3 is 2.23 bits per heavy atom. The van der Waals surface area contributed by atoms with E-state index in [-0.39, 0.29) is 11.4 Å². The molecule has 126 valence electrons. The Balaban J connectivity index is 1.60. The second-order valence-corrected chi connectivity index (χ2v) is 9.45. The summed E-state index contributed by atoms with van der Waals surface area (Å²) < 4.78 is 9.15. The molecule has 0 radical (unpaired) electrons. The molecule has 5 nitrogen and oxygen atoms in total. The Morgan fingerprint density at radius 2 is 1.73 bits per heavy atom. The maximum atomic E-state index is 12.3. The van der Waals surface area contributed by atoms with Crippen molar-refractivity contribution in [1.82, 2.24) is 0 Å². The summed E-state index contributed by atoms with van der Waals surface area (Å²) in [5, 5.41) is 11.8. The van der Waals surface area contributed by atoms with Crippen molar-refractivity contribution in [2.75, 3.05) is 6.61 Å². The van der Waals surface area contributed by atoms with Crippen LogP contribution in [0.3, 0.4) is 0 Å². The fourth-order valence-corrected chi connectivity index (χ4v) is 5.35. The van der Waals surface area contributed by atoms with Gasteiger partial charge in [-0.1, -0.05) is 12.0 Å². The van der Waals surface area contributed by atoms with Gasteiger partial charge in [-0.25, -0.2) is 5.26 Å². The van der Waals surface area contributed by atoms with E-state index < -0.39 is 4.75 Å². The van der Waals surface area contributed by atoms with Crippen molar-refractivity contribution in [2.45, 2.75) is 57.6 Å². The zero-order valence-electron chi connectivity index (χ0n) is 13.5. The topological polar surface area (TPSA) is 65.0 Å². The molecule has 0 amide bonds. The SMILES string of the molecule is CC(C)(SOOO)C(=O)OCC1(C)C2CC3CC(C2)CC1C3. The minimum absolute atomic E-state index is 0.123. The van der Waals surface area contributed by atoms with Crippen LogP contribution in [0.15, 0.2) is 0 Å². The molecule has 4 bridgehead atoms. The highest BCUT2D eigenvalue weighted by Crippen LogP contribution is 2.62. The summed E-state index contributed by atoms with van der Waals surface area (Å²) in [5.74, 6) is 2.89. The van der Waals surface area contributed by atoms with E-state index in [4.69, 9.17) is 9.99 Å². The highest BCUT2D eigenvalue weighted by molar-refractivity contribution is 7.96. The van der Waals surface area contributed by atoms with Gasteiger partial charge in [0.15, 0.2) is 0 Å². The molecular formula is C16H26O5S. The summed E-state index contributed by atoms with van der Waals surface area (Å²) in [6, 6.07) is 0. The fraction of sp³-hybridized carbons (Fsp3) is 0.938. The third-order valence-corrected chi connectivity index (χ3v) is 6.99. The summed E-state index contributed by atoms with van der Waals surface area (Å²) in [5.41, 5.74) is 0.123. The lowest BCUT2D eigenvalue weighted by molar-refractivity contribution is -0.432. The minimum atomic E-state index is -0.912. The van der Waals surface area contributed by atoms with E-state index >= 15 is 0 Å². The zero-order valence-corrected chi connectivity index (χ0v) is 14.4. The minimum Gasteiger partial charge on any atom is -0.464 e. The fourth-order valence-electron chi connectivity index (χ4n) is 5.03. The number of carbonyl (C=O) groups is 1. The lowest BCUT2D eigenvalue weighted by Gasteiger charge is -2.59. The van der Waals surface area contributed by atoms with Crippen molar-refractivity contribution >= 4 is 18.0 Å². The van der Waals surface area contributed by atoms with Crippen molar-refractivity contribution in [2.24, 2.45) is 29.1 Å². The van der Waals surface area contributed by atoms with Crippen LogP contribution in [0, 0.1) is 29.1 Å². The van der Waals surface area contributed by atoms with E-state index in [1.807, 2.05) is 0 Å². The molecule has 4 fully saturated rings. The van der Waals surface area contributed by atoms with Crippen LogP contribution in [-0.4, -0.2) is 22.6 Å². The average molecular weight is 330 g/mol. The molecule has 1 N–H and O–H groups in total. The second kappa shape index (κ2) is 5.96. The summed E-state index contributed by atoms with van der Waals surface area (Å²) in [7, 11) is 0. The Hall–Kier alpha value is -0.300. The van der Waals surface area contributed by atoms with Gasteiger partial charge in [-0.15, -0.1) is 4.33 Å². The van der Waals surface area contributed by atoms with Gasteiger partial charge in [-0.2, -0.15) is 0 Å². The molecule has 0 aromatic heterocycles. The van der Waals surface area contributed by atoms with Gasteiger partial charge in [0.2, 0.25) is 0 Å². The molecule has 6 heteroatoms. The van der Waals surface area contributed by atoms with Crippen molar-refractivity contribution in [3.8, 4) is 0 Å². The van der Waals surface area contributed by atoms with Crippen LogP contribution in [0.25, 0.3) is 0 Å². The van der Waals surface area contributed by atoms with Crippen LogP contribution in [0.1, 0.15) is 52.9 Å². The van der Waals surface area contributed by atoms with Crippen LogP contribution in [0.5, 0.6) is 0 Å². The molecule has 4 saturated carbocycles. The first kappa shape index (κ1) is 16.6. The Labute approximate surface area is 136 Å². The summed E-state index contributed by atoms with van der Waals surface area (Å²) in [6.45, 7) is 6.18. The molecule has 22 heavy (non-hydrogen) atoms. The van der Waals surface area contributed by atoms with Gasteiger partial charge in [-0.3, -0.25) is 4.79 Å². The van der Waals surface area contributed by atoms with Gasteiger partial charge in [0, 0.05) is 5.41 Å². The summed E-state index contributed by atoms with van der Waals surface area (Å²) in [6.07, 6.45) is 6.65. The van der Waals surface area contributed by atoms with Gasteiger partial charge in [0.05, 0.1) is 18.6 Å². The van der Waals surface area contributed by atoms with E-state index in [9.17, 15) is 4.79 Å². The number of carbonyl (C=O) groups excluding carboxylic acids is 1. The predicted octanol–water partition coefficient (Wildman–Crippen LogP) is 3.84. The first-order valence-corrected chi connectivity index (χ1v) is 8.92. The molecule has 4 aliphatic rings. The normalized spacial score (nSPS) is 40.0. The zero-order chi connectivity index (χ0) is 16.0. The number of hydrogen-bond acceptors (Lipinski definition) is 6. The molecule has 4 rings (SSSR count). The van der Waals surface area contributed by atoms with Crippen LogP contribution >= 0.6 is 12.0 Å². The van der Waals surface area contributed by atoms with Crippen molar-refractivity contribution in [3.05, 3.63) is 0 Å². The summed E-state index contributed by atoms with van der Waals surface area (Å²) in [4.78, 5) is 12.3. The quantitative estimate of drug-likeness (QED) is 0.345. The molecule has 0 unspecified atom stereocenters. The van der Waals surface area contributed by atoms with E-state index in [1.165, 1.54) is 32.1 Å². The van der Waals surface area contributed by atoms with E-state index in [0.29, 0.717) is 18.4 Å². The van der Waals surface area contributed by atoms with Crippen molar-refractivity contribution in [1.29, 1.82) is 0 Å². The maximum Gasteiger partial charge on any atom is 0.324 e. The molecule has 0 heterocycles. The van der Waals surface area contributed by atoms with Crippen LogP contribution in [0.2, 0.25) is 0 Å². The molecule has 0 aliphatic heterocycles. The molecule has 0 aromatic carbocycles. The van der Waals surface area contributed by atoms with Crippen molar-refractivity contribution in [3.63, 3.8) is 0 Å². The number of esters is 1. The van der Waals surface area contributed by atoms with Crippen LogP contribution in [-0.2, 0) is 18.9 Å². The highest BCUT2D eigenvalue weighted by atomic mass is 32.2. The number of hydrogen-bond donors (Lipinski definition) is 1. The van der Waals surface area contributed by atoms with Gasteiger partial charge < -0.3 is 4.74 Å². The molecule has 0 aromatic rings. The van der Waals surface area contributed by atoms with Gasteiger partial charge in [0.25, 0.3) is 0 Å². The Bertz CT molecular complexity index is 408. The standard InChI is InChI=1S/C16H26O5S/c1-15(2,22-21-20-18)14(17)19-9-16(3)12-5-10-4-11(7-12)8-13(16)6-10/h10-13,18H,4-9H2,1-3H3. The van der Waals surface area contributed by atoms with Crippen LogP contribution < -0.4 is 0 Å². The first-order chi connectivity index (χ1) is 10.3.